The van der Waals surface area contributed by atoms with Crippen molar-refractivity contribution in [2.45, 2.75) is 26.9 Å². The van der Waals surface area contributed by atoms with Gasteiger partial charge in [0.05, 0.1) is 22.8 Å². The standard InChI is InChI=1S/C15H17N3/c1-10-8-9-14(11(2)16-10)18-12(3)17-13-6-4-5-7-15(13)18/h4-9,12,17H,1-3H3. The number of nitrogens with zero attached hydrogens (tertiary/aromatic N) is 2. The fraction of sp³-hybridized carbons (Fsp3) is 0.267. The summed E-state index contributed by atoms with van der Waals surface area (Å²) in [7, 11) is 0. The Morgan fingerprint density at radius 2 is 1.83 bits per heavy atom. The van der Waals surface area contributed by atoms with Gasteiger partial charge in [0.2, 0.25) is 0 Å². The summed E-state index contributed by atoms with van der Waals surface area (Å²) in [6, 6.07) is 12.6. The number of nitrogens with one attached hydrogen (secondary N) is 1. The zero-order chi connectivity index (χ0) is 12.7. The number of hydrogen-bond acceptors (Lipinski definition) is 3. The maximum Gasteiger partial charge on any atom is 0.101 e. The molecule has 1 aliphatic rings. The predicted molar refractivity (Wildman–Crippen MR) is 75.4 cm³/mol. The Morgan fingerprint density at radius 1 is 1.06 bits per heavy atom. The molecule has 1 aliphatic heterocycles. The summed E-state index contributed by atoms with van der Waals surface area (Å²) in [4.78, 5) is 6.86. The van der Waals surface area contributed by atoms with Crippen LogP contribution in [0.3, 0.4) is 0 Å². The van der Waals surface area contributed by atoms with Gasteiger partial charge >= 0.3 is 0 Å². The monoisotopic (exact) mass is 239 g/mol. The third-order valence-electron chi connectivity index (χ3n) is 3.37. The number of benzene rings is 1. The zero-order valence-corrected chi connectivity index (χ0v) is 10.9. The van der Waals surface area contributed by atoms with E-state index in [1.54, 1.807) is 0 Å². The van der Waals surface area contributed by atoms with E-state index < -0.39 is 0 Å². The summed E-state index contributed by atoms with van der Waals surface area (Å²) in [5.74, 6) is 0. The highest BCUT2D eigenvalue weighted by Crippen LogP contribution is 2.40. The molecule has 2 aromatic rings. The van der Waals surface area contributed by atoms with Crippen LogP contribution in [-0.2, 0) is 0 Å². The lowest BCUT2D eigenvalue weighted by Gasteiger charge is -2.25. The Kier molecular flexibility index (Phi) is 2.47. The number of rotatable bonds is 1. The van der Waals surface area contributed by atoms with Crippen molar-refractivity contribution in [2.24, 2.45) is 0 Å². The lowest BCUT2D eigenvalue weighted by molar-refractivity contribution is 0.834. The molecule has 0 saturated heterocycles. The summed E-state index contributed by atoms with van der Waals surface area (Å²) < 4.78 is 0. The number of para-hydroxylation sites is 2. The summed E-state index contributed by atoms with van der Waals surface area (Å²) in [6.07, 6.45) is 0.255. The van der Waals surface area contributed by atoms with Crippen LogP contribution in [0.1, 0.15) is 18.3 Å². The van der Waals surface area contributed by atoms with E-state index >= 15 is 0 Å². The summed E-state index contributed by atoms with van der Waals surface area (Å²) >= 11 is 0. The Bertz CT molecular complexity index is 592. The molecule has 0 saturated carbocycles. The Hall–Kier alpha value is -2.03. The highest BCUT2D eigenvalue weighted by molar-refractivity contribution is 5.82. The third-order valence-corrected chi connectivity index (χ3v) is 3.37. The highest BCUT2D eigenvalue weighted by Gasteiger charge is 2.27. The van der Waals surface area contributed by atoms with Crippen LogP contribution >= 0.6 is 0 Å². The van der Waals surface area contributed by atoms with E-state index in [0.717, 1.165) is 11.4 Å². The van der Waals surface area contributed by atoms with Gasteiger partial charge in [-0.25, -0.2) is 0 Å². The van der Waals surface area contributed by atoms with E-state index in [0.29, 0.717) is 0 Å². The molecule has 1 aromatic heterocycles. The van der Waals surface area contributed by atoms with Gasteiger partial charge in [0.1, 0.15) is 6.17 Å². The van der Waals surface area contributed by atoms with E-state index in [4.69, 9.17) is 0 Å². The first-order chi connectivity index (χ1) is 8.66. The predicted octanol–water partition coefficient (Wildman–Crippen LogP) is 3.61. The van der Waals surface area contributed by atoms with Gasteiger partial charge in [-0.1, -0.05) is 12.1 Å². The number of aromatic nitrogens is 1. The highest BCUT2D eigenvalue weighted by atomic mass is 15.3. The molecule has 0 fully saturated rings. The molecule has 1 aromatic carbocycles. The number of aryl methyl sites for hydroxylation is 2. The molecule has 0 amide bonds. The molecule has 0 spiro atoms. The van der Waals surface area contributed by atoms with Gasteiger partial charge in [0, 0.05) is 5.69 Å². The number of fused-ring (bicyclic) bond motifs is 1. The van der Waals surface area contributed by atoms with Crippen LogP contribution < -0.4 is 10.2 Å². The minimum absolute atomic E-state index is 0.255. The Labute approximate surface area is 107 Å². The van der Waals surface area contributed by atoms with Gasteiger partial charge in [-0.15, -0.1) is 0 Å². The molecular formula is C15H17N3. The second-order valence-electron chi connectivity index (χ2n) is 4.76. The van der Waals surface area contributed by atoms with Crippen molar-refractivity contribution < 1.29 is 0 Å². The SMILES string of the molecule is Cc1ccc(N2c3ccccc3NC2C)c(C)n1. The van der Waals surface area contributed by atoms with Crippen molar-refractivity contribution >= 4 is 17.1 Å². The minimum atomic E-state index is 0.255. The molecule has 92 valence electrons. The molecule has 0 aliphatic carbocycles. The van der Waals surface area contributed by atoms with Gasteiger partial charge in [-0.05, 0) is 45.0 Å². The third kappa shape index (κ3) is 1.63. The van der Waals surface area contributed by atoms with Crippen molar-refractivity contribution in [1.82, 2.24) is 4.98 Å². The number of anilines is 3. The van der Waals surface area contributed by atoms with Gasteiger partial charge in [0.15, 0.2) is 0 Å². The number of hydrogen-bond donors (Lipinski definition) is 1. The maximum atomic E-state index is 4.56. The summed E-state index contributed by atoms with van der Waals surface area (Å²) in [5, 5.41) is 3.49. The summed E-state index contributed by atoms with van der Waals surface area (Å²) in [6.45, 7) is 6.26. The van der Waals surface area contributed by atoms with E-state index in [1.807, 2.05) is 6.92 Å². The molecule has 18 heavy (non-hydrogen) atoms. The average molecular weight is 239 g/mol. The van der Waals surface area contributed by atoms with Crippen molar-refractivity contribution in [1.29, 1.82) is 0 Å². The molecule has 0 radical (unpaired) electrons. The second kappa shape index (κ2) is 4.02. The molecular weight excluding hydrogens is 222 g/mol. The number of pyridine rings is 1. The van der Waals surface area contributed by atoms with Crippen molar-refractivity contribution in [3.05, 3.63) is 47.8 Å². The molecule has 2 heterocycles. The normalized spacial score (nSPS) is 17.5. The van der Waals surface area contributed by atoms with Crippen molar-refractivity contribution in [2.75, 3.05) is 10.2 Å². The molecule has 1 N–H and O–H groups in total. The van der Waals surface area contributed by atoms with Crippen LogP contribution in [0.4, 0.5) is 17.1 Å². The first-order valence-corrected chi connectivity index (χ1v) is 6.26. The van der Waals surface area contributed by atoms with Gasteiger partial charge in [0.25, 0.3) is 0 Å². The molecule has 3 rings (SSSR count). The van der Waals surface area contributed by atoms with Crippen molar-refractivity contribution in [3.63, 3.8) is 0 Å². The fourth-order valence-corrected chi connectivity index (χ4v) is 2.58. The van der Waals surface area contributed by atoms with Gasteiger partial charge < -0.3 is 10.2 Å². The topological polar surface area (TPSA) is 28.2 Å². The zero-order valence-electron chi connectivity index (χ0n) is 10.9. The fourth-order valence-electron chi connectivity index (χ4n) is 2.58. The van der Waals surface area contributed by atoms with Crippen LogP contribution in [0.15, 0.2) is 36.4 Å². The quantitative estimate of drug-likeness (QED) is 0.824. The van der Waals surface area contributed by atoms with E-state index in [-0.39, 0.29) is 6.17 Å². The maximum absolute atomic E-state index is 4.56. The average Bonchev–Trinajstić information content (AvgIpc) is 2.66. The van der Waals surface area contributed by atoms with E-state index in [2.05, 4.69) is 65.4 Å². The van der Waals surface area contributed by atoms with Gasteiger partial charge in [-0.2, -0.15) is 0 Å². The van der Waals surface area contributed by atoms with Crippen LogP contribution in [0, 0.1) is 13.8 Å². The molecule has 3 nitrogen and oxygen atoms in total. The van der Waals surface area contributed by atoms with Crippen LogP contribution in [0.25, 0.3) is 0 Å². The smallest absolute Gasteiger partial charge is 0.101 e. The van der Waals surface area contributed by atoms with Crippen molar-refractivity contribution in [3.8, 4) is 0 Å². The first-order valence-electron chi connectivity index (χ1n) is 6.26. The molecule has 1 atom stereocenters. The van der Waals surface area contributed by atoms with Crippen LogP contribution in [0.2, 0.25) is 0 Å². The lowest BCUT2D eigenvalue weighted by atomic mass is 10.2. The van der Waals surface area contributed by atoms with Crippen LogP contribution in [0.5, 0.6) is 0 Å². The second-order valence-corrected chi connectivity index (χ2v) is 4.76. The van der Waals surface area contributed by atoms with E-state index in [1.165, 1.54) is 17.1 Å². The molecule has 1 unspecified atom stereocenters. The molecule has 3 heteroatoms. The molecule has 0 bridgehead atoms. The van der Waals surface area contributed by atoms with Gasteiger partial charge in [-0.3, -0.25) is 4.98 Å². The van der Waals surface area contributed by atoms with E-state index in [9.17, 15) is 0 Å². The Balaban J connectivity index is 2.12. The summed E-state index contributed by atoms with van der Waals surface area (Å²) in [5.41, 5.74) is 5.71. The lowest BCUT2D eigenvalue weighted by Crippen LogP contribution is -2.29. The largest absolute Gasteiger partial charge is 0.363 e. The van der Waals surface area contributed by atoms with Crippen LogP contribution in [-0.4, -0.2) is 11.1 Å². The first kappa shape index (κ1) is 11.1. The minimum Gasteiger partial charge on any atom is -0.363 e. The Morgan fingerprint density at radius 3 is 2.61 bits per heavy atom.